The van der Waals surface area contributed by atoms with Crippen molar-refractivity contribution < 1.29 is 5.48 Å². The van der Waals surface area contributed by atoms with Gasteiger partial charge in [-0.2, -0.15) is 0 Å². The number of unbranched alkanes of at least 4 members (excludes halogenated alkanes) is 12. The molecule has 0 aromatic heterocycles. The minimum atomic E-state index is 0. The van der Waals surface area contributed by atoms with Crippen LogP contribution in [0.5, 0.6) is 0 Å². The molecule has 0 aliphatic heterocycles. The molecule has 0 aliphatic carbocycles. The van der Waals surface area contributed by atoms with Crippen LogP contribution in [0.3, 0.4) is 0 Å². The zero-order valence-electron chi connectivity index (χ0n) is 13.1. The van der Waals surface area contributed by atoms with Crippen LogP contribution in [-0.4, -0.2) is 19.9 Å². The average Bonchev–Trinajstić information content (AvgIpc) is 2.38. The summed E-state index contributed by atoms with van der Waals surface area (Å²) in [6.45, 7) is 4.58. The fourth-order valence-corrected chi connectivity index (χ4v) is 2.09. The molecule has 0 fully saturated rings. The Kier molecular flexibility index (Phi) is 35.4. The summed E-state index contributed by atoms with van der Waals surface area (Å²) in [6, 6.07) is 0. The summed E-state index contributed by atoms with van der Waals surface area (Å²) in [7, 11) is 0. The molecule has 0 aromatic carbocycles. The van der Waals surface area contributed by atoms with E-state index in [0.29, 0.717) is 0 Å². The topological polar surface area (TPSA) is 31.5 Å². The first-order chi connectivity index (χ1) is 8.41. The number of hydrogen-bond acceptors (Lipinski definition) is 0. The molecule has 0 saturated heterocycles. The van der Waals surface area contributed by atoms with Gasteiger partial charge in [0, 0.05) is 0 Å². The van der Waals surface area contributed by atoms with Gasteiger partial charge in [0.25, 0.3) is 0 Å². The molecule has 0 aromatic rings. The first-order valence-corrected chi connectivity index (χ1v) is 13.3. The van der Waals surface area contributed by atoms with E-state index in [9.17, 15) is 0 Å². The zero-order chi connectivity index (χ0) is 13.2. The maximum absolute atomic E-state index is 3.08. The largest absolute Gasteiger partial charge is 0.412 e. The van der Waals surface area contributed by atoms with Crippen LogP contribution in [0.1, 0.15) is 97.3 Å². The molecule has 0 aliphatic rings. The predicted molar refractivity (Wildman–Crippen MR) is 92.5 cm³/mol. The third-order valence-corrected chi connectivity index (χ3v) is 3.21. The number of hydrogen-bond donors (Lipinski definition) is 0. The van der Waals surface area contributed by atoms with E-state index in [-0.39, 0.29) is 5.48 Å². The maximum Gasteiger partial charge on any atom is 0.319 e. The van der Waals surface area contributed by atoms with Gasteiger partial charge in [-0.1, -0.05) is 97.3 Å². The third-order valence-electron chi connectivity index (χ3n) is 3.21. The van der Waals surface area contributed by atoms with Crippen molar-refractivity contribution in [2.75, 3.05) is 0 Å². The molecule has 2 N–H and O–H groups in total. The normalized spacial score (nSPS) is 9.28. The Bertz CT molecular complexity index is 101. The zero-order valence-corrected chi connectivity index (χ0v) is 16.7. The highest BCUT2D eigenvalue weighted by atomic mass is 79.9. The molecule has 1 nitrogen and oxygen atoms in total. The summed E-state index contributed by atoms with van der Waals surface area (Å²) < 4.78 is 0. The highest BCUT2D eigenvalue weighted by Crippen LogP contribution is 2.12. The van der Waals surface area contributed by atoms with Gasteiger partial charge in [0.2, 0.25) is 0 Å². The van der Waals surface area contributed by atoms with E-state index in [1.54, 1.807) is 0 Å². The first-order valence-electron chi connectivity index (χ1n) is 7.79. The molecule has 0 saturated carbocycles. The van der Waals surface area contributed by atoms with E-state index in [2.05, 4.69) is 27.9 Å². The molecule has 0 radical (unpaired) electrons. The summed E-state index contributed by atoms with van der Waals surface area (Å²) in [4.78, 5) is 0. The van der Waals surface area contributed by atoms with E-state index >= 15 is 0 Å². The van der Waals surface area contributed by atoms with E-state index < -0.39 is 0 Å². The van der Waals surface area contributed by atoms with Crippen LogP contribution in [-0.2, 0) is 0 Å². The Morgan fingerprint density at radius 1 is 0.500 bits per heavy atom. The smallest absolute Gasteiger partial charge is 0.319 e. The molecule has 0 rings (SSSR count). The van der Waals surface area contributed by atoms with Crippen molar-refractivity contribution in [2.24, 2.45) is 0 Å². The van der Waals surface area contributed by atoms with Crippen molar-refractivity contribution in [3.8, 4) is 0 Å². The Hall–Kier alpha value is 0.972. The van der Waals surface area contributed by atoms with Crippen LogP contribution in [0.4, 0.5) is 0 Å². The van der Waals surface area contributed by atoms with Gasteiger partial charge in [0.15, 0.2) is 0 Å². The van der Waals surface area contributed by atoms with Gasteiger partial charge in [-0.05, 0) is 0 Å². The molecule has 0 amide bonds. The van der Waals surface area contributed by atoms with Gasteiger partial charge < -0.3 is 5.48 Å². The molecule has 0 spiro atoms. The van der Waals surface area contributed by atoms with Crippen LogP contribution >= 0.6 is 14.1 Å². The van der Waals surface area contributed by atoms with Gasteiger partial charge >= 0.3 is 14.5 Å². The lowest BCUT2D eigenvalue weighted by Gasteiger charge is -2.01. The van der Waals surface area contributed by atoms with Gasteiger partial charge in [0.05, 0.1) is 0 Å². The van der Waals surface area contributed by atoms with Crippen molar-refractivity contribution in [1.29, 1.82) is 0 Å². The molecule has 0 heterocycles. The second-order valence-corrected chi connectivity index (χ2v) is 4.89. The van der Waals surface area contributed by atoms with E-state index in [4.69, 9.17) is 0 Å². The van der Waals surface area contributed by atoms with Gasteiger partial charge in [-0.25, -0.2) is 14.1 Å². The van der Waals surface area contributed by atoms with Crippen molar-refractivity contribution in [1.82, 2.24) is 0 Å². The van der Waals surface area contributed by atoms with Gasteiger partial charge in [-0.3, -0.25) is 0 Å². The Balaban J connectivity index is -0.000000709. The SMILES string of the molecule is CCCCCCCCCCCCCCC.O.[AlH2][Br]. The summed E-state index contributed by atoms with van der Waals surface area (Å²) in [5.41, 5.74) is 0. The molecule has 18 heavy (non-hydrogen) atoms. The van der Waals surface area contributed by atoms with Crippen molar-refractivity contribution in [3.05, 3.63) is 0 Å². The number of halogens is 1. The second kappa shape index (κ2) is 26.5. The Morgan fingerprint density at radius 2 is 0.667 bits per heavy atom. The molecule has 0 bridgehead atoms. The maximum atomic E-state index is 3.08. The Labute approximate surface area is 131 Å². The van der Waals surface area contributed by atoms with E-state index in [1.165, 1.54) is 83.5 Å². The highest BCUT2D eigenvalue weighted by Gasteiger charge is 1.92. The molecule has 3 heteroatoms. The molecule has 112 valence electrons. The minimum absolute atomic E-state index is 0. The van der Waals surface area contributed by atoms with Crippen LogP contribution in [0, 0.1) is 0 Å². The summed E-state index contributed by atoms with van der Waals surface area (Å²) in [5.74, 6) is 0. The number of rotatable bonds is 12. The fraction of sp³-hybridized carbons (Fsp3) is 1.00. The van der Waals surface area contributed by atoms with Crippen molar-refractivity contribution in [3.63, 3.8) is 0 Å². The molecule has 0 atom stereocenters. The van der Waals surface area contributed by atoms with Crippen LogP contribution in [0.25, 0.3) is 0 Å². The molecular formula is C15H36AlBrO. The second-order valence-electron chi connectivity index (χ2n) is 4.89. The predicted octanol–water partition coefficient (Wildman–Crippen LogP) is 5.20. The summed E-state index contributed by atoms with van der Waals surface area (Å²) in [6.07, 6.45) is 18.9. The minimum Gasteiger partial charge on any atom is -0.412 e. The van der Waals surface area contributed by atoms with Crippen molar-refractivity contribution in [2.45, 2.75) is 97.3 Å². The molecular weight excluding hydrogens is 303 g/mol. The van der Waals surface area contributed by atoms with Gasteiger partial charge in [-0.15, -0.1) is 0 Å². The highest BCUT2D eigenvalue weighted by molar-refractivity contribution is 9.22. The lowest BCUT2D eigenvalue weighted by molar-refractivity contribution is 0.542. The Morgan fingerprint density at radius 3 is 0.833 bits per heavy atom. The quantitative estimate of drug-likeness (QED) is 0.346. The molecule has 0 unspecified atom stereocenters. The first kappa shape index (κ1) is 24.0. The average molecular weight is 339 g/mol. The van der Waals surface area contributed by atoms with Crippen LogP contribution < -0.4 is 0 Å². The third kappa shape index (κ3) is 25.7. The van der Waals surface area contributed by atoms with Gasteiger partial charge in [0.1, 0.15) is 0 Å². The summed E-state index contributed by atoms with van der Waals surface area (Å²) in [5, 5.41) is 0. The van der Waals surface area contributed by atoms with Crippen LogP contribution in [0.15, 0.2) is 0 Å². The van der Waals surface area contributed by atoms with Crippen LogP contribution in [0.2, 0.25) is 0 Å². The summed E-state index contributed by atoms with van der Waals surface area (Å²) >= 11 is 4.19. The van der Waals surface area contributed by atoms with Crippen molar-refractivity contribution >= 4 is 28.5 Å². The van der Waals surface area contributed by atoms with E-state index in [1.807, 2.05) is 0 Å². The lowest BCUT2D eigenvalue weighted by atomic mass is 10.1. The van der Waals surface area contributed by atoms with E-state index in [0.717, 1.165) is 14.5 Å². The standard InChI is InChI=1S/C15H32.Al.BrH.H2O.2H/c1-3-5-7-9-11-13-15-14-12-10-8-6-4-2;;;;;/h3-15H2,1-2H3;;1H;1H2;;/q;+1;;;;/p-1. The fourth-order valence-electron chi connectivity index (χ4n) is 2.09. The monoisotopic (exact) mass is 338 g/mol. The lowest BCUT2D eigenvalue weighted by Crippen LogP contribution is -1.82.